The zero-order valence-electron chi connectivity index (χ0n) is 7.31. The Morgan fingerprint density at radius 3 is 2.07 bits per heavy atom. The van der Waals surface area contributed by atoms with Crippen molar-refractivity contribution in [1.29, 1.82) is 5.26 Å². The molecule has 3 nitrogen and oxygen atoms in total. The van der Waals surface area contributed by atoms with E-state index in [2.05, 4.69) is 0 Å². The molecule has 0 amide bonds. The summed E-state index contributed by atoms with van der Waals surface area (Å²) in [6.45, 7) is 0. The zero-order chi connectivity index (χ0) is 9.80. The molecule has 0 aliphatic carbocycles. The van der Waals surface area contributed by atoms with Gasteiger partial charge in [0.1, 0.15) is 0 Å². The van der Waals surface area contributed by atoms with Gasteiger partial charge in [-0.1, -0.05) is 0 Å². The fraction of sp³-hybridized carbons (Fsp3) is 0. The molecule has 0 aliphatic heterocycles. The molecule has 0 fully saturated rings. The molecular weight excluding hydrogens is 178 g/mol. The lowest BCUT2D eigenvalue weighted by Gasteiger charge is -1.97. The van der Waals surface area contributed by atoms with Crippen molar-refractivity contribution < 1.29 is 8.83 Å². The van der Waals surface area contributed by atoms with Gasteiger partial charge in [-0.3, -0.25) is 0 Å². The van der Waals surface area contributed by atoms with Gasteiger partial charge in [0, 0.05) is 22.8 Å². The Balaban J connectivity index is 2.47. The third kappa shape index (κ3) is 1.46. The molecule has 0 saturated heterocycles. The van der Waals surface area contributed by atoms with Crippen molar-refractivity contribution in [3.8, 4) is 6.07 Å². The first-order valence-corrected chi connectivity index (χ1v) is 4.07. The number of hydrogen-bond acceptors (Lipinski definition) is 3. The molecule has 0 radical (unpaired) electrons. The smallest absolute Gasteiger partial charge is 0.0981 e. The predicted octanol–water partition coefficient (Wildman–Crippen LogP) is 2.83. The van der Waals surface area contributed by atoms with E-state index in [9.17, 15) is 0 Å². The Morgan fingerprint density at radius 1 is 1.14 bits per heavy atom. The van der Waals surface area contributed by atoms with Crippen LogP contribution in [0, 0.1) is 11.3 Å². The lowest BCUT2D eigenvalue weighted by Crippen LogP contribution is -1.81. The zero-order valence-corrected chi connectivity index (χ0v) is 7.31. The van der Waals surface area contributed by atoms with Crippen molar-refractivity contribution in [2.24, 2.45) is 0 Å². The SMILES string of the molecule is N#CC=C(c1ccoc1)c1ccoc1. The van der Waals surface area contributed by atoms with Gasteiger partial charge >= 0.3 is 0 Å². The Morgan fingerprint density at radius 2 is 1.71 bits per heavy atom. The lowest BCUT2D eigenvalue weighted by molar-refractivity contribution is 0.565. The summed E-state index contributed by atoms with van der Waals surface area (Å²) in [4.78, 5) is 0. The Bertz CT molecular complexity index is 422. The van der Waals surface area contributed by atoms with Gasteiger partial charge in [0.15, 0.2) is 0 Å². The molecule has 0 saturated carbocycles. The monoisotopic (exact) mass is 185 g/mol. The largest absolute Gasteiger partial charge is 0.472 e. The number of hydrogen-bond donors (Lipinski definition) is 0. The fourth-order valence-corrected chi connectivity index (χ4v) is 1.23. The Kier molecular flexibility index (Phi) is 2.20. The van der Waals surface area contributed by atoms with Crippen LogP contribution in [0.3, 0.4) is 0 Å². The molecular formula is C11H7NO2. The Hall–Kier alpha value is -2.21. The van der Waals surface area contributed by atoms with Crippen molar-refractivity contribution in [3.63, 3.8) is 0 Å². The molecule has 0 N–H and O–H groups in total. The van der Waals surface area contributed by atoms with Gasteiger partial charge in [-0.05, 0) is 12.1 Å². The van der Waals surface area contributed by atoms with Crippen molar-refractivity contribution in [2.75, 3.05) is 0 Å². The first kappa shape index (κ1) is 8.39. The average Bonchev–Trinajstić information content (AvgIpc) is 2.87. The van der Waals surface area contributed by atoms with Gasteiger partial charge in [-0.2, -0.15) is 5.26 Å². The van der Waals surface area contributed by atoms with Crippen LogP contribution < -0.4 is 0 Å². The van der Waals surface area contributed by atoms with Crippen LogP contribution >= 0.6 is 0 Å². The molecule has 0 unspecified atom stereocenters. The number of rotatable bonds is 2. The fourth-order valence-electron chi connectivity index (χ4n) is 1.23. The van der Waals surface area contributed by atoms with Crippen LogP contribution in [0.2, 0.25) is 0 Å². The second-order valence-electron chi connectivity index (χ2n) is 2.71. The van der Waals surface area contributed by atoms with Crippen LogP contribution in [-0.2, 0) is 0 Å². The minimum Gasteiger partial charge on any atom is -0.472 e. The van der Waals surface area contributed by atoms with Gasteiger partial charge in [0.05, 0.1) is 31.1 Å². The molecule has 0 spiro atoms. The van der Waals surface area contributed by atoms with E-state index in [1.54, 1.807) is 37.2 Å². The molecule has 14 heavy (non-hydrogen) atoms. The predicted molar refractivity (Wildman–Crippen MR) is 50.1 cm³/mol. The summed E-state index contributed by atoms with van der Waals surface area (Å²) in [6, 6.07) is 5.60. The molecule has 68 valence electrons. The molecule has 0 atom stereocenters. The minimum atomic E-state index is 0.801. The molecule has 2 heterocycles. The number of furan rings is 2. The van der Waals surface area contributed by atoms with E-state index in [1.165, 1.54) is 6.08 Å². The van der Waals surface area contributed by atoms with Crippen molar-refractivity contribution >= 4 is 5.57 Å². The molecule has 0 bridgehead atoms. The van der Waals surface area contributed by atoms with Gasteiger partial charge in [-0.25, -0.2) is 0 Å². The molecule has 2 aromatic rings. The van der Waals surface area contributed by atoms with Gasteiger partial charge < -0.3 is 8.83 Å². The first-order chi connectivity index (χ1) is 6.92. The van der Waals surface area contributed by atoms with Crippen LogP contribution in [-0.4, -0.2) is 0 Å². The van der Waals surface area contributed by atoms with Crippen LogP contribution in [0.25, 0.3) is 5.57 Å². The summed E-state index contributed by atoms with van der Waals surface area (Å²) < 4.78 is 9.92. The third-order valence-electron chi connectivity index (χ3n) is 1.87. The van der Waals surface area contributed by atoms with E-state index in [4.69, 9.17) is 14.1 Å². The van der Waals surface area contributed by atoms with Crippen LogP contribution in [0.15, 0.2) is 52.1 Å². The van der Waals surface area contributed by atoms with E-state index >= 15 is 0 Å². The second-order valence-corrected chi connectivity index (χ2v) is 2.71. The van der Waals surface area contributed by atoms with E-state index in [0.29, 0.717) is 0 Å². The Labute approximate surface area is 80.9 Å². The van der Waals surface area contributed by atoms with E-state index < -0.39 is 0 Å². The van der Waals surface area contributed by atoms with Crippen molar-refractivity contribution in [2.45, 2.75) is 0 Å². The molecule has 0 aliphatic rings. The highest BCUT2D eigenvalue weighted by Gasteiger charge is 2.06. The summed E-state index contributed by atoms with van der Waals surface area (Å²) in [5.41, 5.74) is 2.54. The van der Waals surface area contributed by atoms with E-state index in [0.717, 1.165) is 16.7 Å². The quantitative estimate of drug-likeness (QED) is 0.676. The van der Waals surface area contributed by atoms with E-state index in [-0.39, 0.29) is 0 Å². The van der Waals surface area contributed by atoms with E-state index in [1.807, 2.05) is 6.07 Å². The molecule has 3 heteroatoms. The maximum Gasteiger partial charge on any atom is 0.0981 e. The molecule has 0 aromatic carbocycles. The summed E-state index contributed by atoms with van der Waals surface area (Å²) in [6.07, 6.45) is 7.79. The normalized spacial score (nSPS) is 9.36. The van der Waals surface area contributed by atoms with Crippen LogP contribution in [0.5, 0.6) is 0 Å². The maximum absolute atomic E-state index is 8.65. The lowest BCUT2D eigenvalue weighted by atomic mass is 10.0. The number of allylic oxidation sites excluding steroid dienone is 1. The maximum atomic E-state index is 8.65. The molecule has 2 aromatic heterocycles. The summed E-state index contributed by atoms with van der Waals surface area (Å²) in [5, 5.41) is 8.65. The summed E-state index contributed by atoms with van der Waals surface area (Å²) in [5.74, 6) is 0. The van der Waals surface area contributed by atoms with Gasteiger partial charge in [0.25, 0.3) is 0 Å². The van der Waals surface area contributed by atoms with Crippen LogP contribution in [0.4, 0.5) is 0 Å². The minimum absolute atomic E-state index is 0.801. The number of nitrogens with zero attached hydrogens (tertiary/aromatic N) is 1. The summed E-state index contributed by atoms with van der Waals surface area (Å²) >= 11 is 0. The van der Waals surface area contributed by atoms with Crippen LogP contribution in [0.1, 0.15) is 11.1 Å². The third-order valence-corrected chi connectivity index (χ3v) is 1.87. The standard InChI is InChI=1S/C11H7NO2/c12-4-1-11(9-2-5-13-7-9)10-3-6-14-8-10/h1-3,5-8H. The highest BCUT2D eigenvalue weighted by molar-refractivity contribution is 5.80. The second kappa shape index (κ2) is 3.67. The highest BCUT2D eigenvalue weighted by atomic mass is 16.3. The van der Waals surface area contributed by atoms with Gasteiger partial charge in [-0.15, -0.1) is 0 Å². The highest BCUT2D eigenvalue weighted by Crippen LogP contribution is 2.23. The topological polar surface area (TPSA) is 50.1 Å². The number of nitriles is 1. The summed E-state index contributed by atoms with van der Waals surface area (Å²) in [7, 11) is 0. The molecule has 2 rings (SSSR count). The van der Waals surface area contributed by atoms with Crippen molar-refractivity contribution in [3.05, 3.63) is 54.4 Å². The van der Waals surface area contributed by atoms with Gasteiger partial charge in [0.2, 0.25) is 0 Å². The average molecular weight is 185 g/mol. The van der Waals surface area contributed by atoms with Crippen molar-refractivity contribution in [1.82, 2.24) is 0 Å². The first-order valence-electron chi connectivity index (χ1n) is 4.07.